The van der Waals surface area contributed by atoms with Crippen molar-refractivity contribution in [2.45, 2.75) is 6.92 Å². The maximum absolute atomic E-state index is 4.29. The molecule has 0 aliphatic rings. The molecule has 0 aliphatic heterocycles. The van der Waals surface area contributed by atoms with Gasteiger partial charge in [-0.1, -0.05) is 36.4 Å². The largest absolute Gasteiger partial charge is 0.303 e. The van der Waals surface area contributed by atoms with Crippen LogP contribution in [0, 0.1) is 6.92 Å². The highest BCUT2D eigenvalue weighted by Crippen LogP contribution is 2.20. The third-order valence-corrected chi connectivity index (χ3v) is 2.82. The Morgan fingerprint density at radius 2 is 1.75 bits per heavy atom. The minimum absolute atomic E-state index is 1.02. The molecule has 0 radical (unpaired) electrons. The molecule has 78 valence electrons. The molecule has 2 heterocycles. The maximum Gasteiger partial charge on any atom is 0.110 e. The molecule has 3 rings (SSSR count). The van der Waals surface area contributed by atoms with Crippen LogP contribution >= 0.6 is 0 Å². The molecular formula is C14H12N2. The van der Waals surface area contributed by atoms with Gasteiger partial charge in [-0.15, -0.1) is 0 Å². The first-order valence-electron chi connectivity index (χ1n) is 5.34. The van der Waals surface area contributed by atoms with Gasteiger partial charge in [0.15, 0.2) is 0 Å². The van der Waals surface area contributed by atoms with Crippen molar-refractivity contribution in [3.8, 4) is 11.1 Å². The van der Waals surface area contributed by atoms with Crippen molar-refractivity contribution in [2.24, 2.45) is 0 Å². The molecule has 2 nitrogen and oxygen atoms in total. The maximum atomic E-state index is 4.29. The van der Waals surface area contributed by atoms with Crippen LogP contribution in [0.4, 0.5) is 0 Å². The first kappa shape index (κ1) is 9.16. The van der Waals surface area contributed by atoms with Crippen LogP contribution in [0.15, 0.2) is 54.9 Å². The van der Waals surface area contributed by atoms with E-state index in [2.05, 4.69) is 52.0 Å². The summed E-state index contributed by atoms with van der Waals surface area (Å²) in [6.45, 7) is 2.02. The monoisotopic (exact) mass is 208 g/mol. The van der Waals surface area contributed by atoms with Gasteiger partial charge in [-0.2, -0.15) is 0 Å². The Morgan fingerprint density at radius 1 is 0.938 bits per heavy atom. The van der Waals surface area contributed by atoms with Crippen molar-refractivity contribution in [1.82, 2.24) is 9.38 Å². The fraction of sp³-hybridized carbons (Fsp3) is 0.0714. The molecule has 0 saturated heterocycles. The molecule has 2 aromatic heterocycles. The Bertz CT molecular complexity index is 624. The zero-order chi connectivity index (χ0) is 11.0. The molecule has 0 unspecified atom stereocenters. The van der Waals surface area contributed by atoms with Gasteiger partial charge in [-0.25, -0.2) is 4.98 Å². The summed E-state index contributed by atoms with van der Waals surface area (Å²) < 4.78 is 2.11. The molecule has 1 aromatic carbocycles. The summed E-state index contributed by atoms with van der Waals surface area (Å²) in [6, 6.07) is 14.6. The lowest BCUT2D eigenvalue weighted by Crippen LogP contribution is -1.88. The van der Waals surface area contributed by atoms with Gasteiger partial charge in [0, 0.05) is 6.20 Å². The summed E-state index contributed by atoms with van der Waals surface area (Å²) >= 11 is 0. The van der Waals surface area contributed by atoms with E-state index < -0.39 is 0 Å². The van der Waals surface area contributed by atoms with Gasteiger partial charge in [-0.3, -0.25) is 0 Å². The van der Waals surface area contributed by atoms with Crippen molar-refractivity contribution in [1.29, 1.82) is 0 Å². The van der Waals surface area contributed by atoms with Crippen LogP contribution in [-0.2, 0) is 0 Å². The molecule has 2 heteroatoms. The zero-order valence-electron chi connectivity index (χ0n) is 9.09. The van der Waals surface area contributed by atoms with E-state index in [1.807, 2.05) is 19.2 Å². The zero-order valence-corrected chi connectivity index (χ0v) is 9.09. The number of nitrogens with zero attached hydrogens (tertiary/aromatic N) is 2. The predicted octanol–water partition coefficient (Wildman–Crippen LogP) is 3.31. The van der Waals surface area contributed by atoms with Crippen LogP contribution in [0.25, 0.3) is 16.6 Å². The summed E-state index contributed by atoms with van der Waals surface area (Å²) in [5.74, 6) is 1.02. The van der Waals surface area contributed by atoms with Gasteiger partial charge < -0.3 is 4.40 Å². The number of pyridine rings is 1. The van der Waals surface area contributed by atoms with Gasteiger partial charge in [0.25, 0.3) is 0 Å². The number of hydrogen-bond acceptors (Lipinski definition) is 1. The smallest absolute Gasteiger partial charge is 0.110 e. The van der Waals surface area contributed by atoms with E-state index in [1.165, 1.54) is 11.1 Å². The van der Waals surface area contributed by atoms with Crippen molar-refractivity contribution < 1.29 is 0 Å². The van der Waals surface area contributed by atoms with Crippen molar-refractivity contribution in [3.63, 3.8) is 0 Å². The molecule has 0 spiro atoms. The molecular weight excluding hydrogens is 196 g/mol. The van der Waals surface area contributed by atoms with Gasteiger partial charge in [0.1, 0.15) is 5.82 Å². The highest BCUT2D eigenvalue weighted by atomic mass is 15.0. The molecule has 0 aliphatic carbocycles. The molecule has 16 heavy (non-hydrogen) atoms. The van der Waals surface area contributed by atoms with E-state index in [9.17, 15) is 0 Å². The fourth-order valence-electron chi connectivity index (χ4n) is 1.92. The van der Waals surface area contributed by atoms with Crippen LogP contribution in [-0.4, -0.2) is 9.38 Å². The lowest BCUT2D eigenvalue weighted by molar-refractivity contribution is 1.05. The van der Waals surface area contributed by atoms with E-state index in [1.54, 1.807) is 0 Å². The fourth-order valence-corrected chi connectivity index (χ4v) is 1.92. The second kappa shape index (κ2) is 3.49. The number of benzene rings is 1. The SMILES string of the molecule is Cc1ncc2ccc(-c3ccccc3)cn12. The number of hydrogen-bond donors (Lipinski definition) is 0. The number of aryl methyl sites for hydroxylation is 1. The molecule has 0 fully saturated rings. The topological polar surface area (TPSA) is 17.3 Å². The van der Waals surface area contributed by atoms with Crippen LogP contribution < -0.4 is 0 Å². The Hall–Kier alpha value is -2.09. The molecule has 0 amide bonds. The quantitative estimate of drug-likeness (QED) is 0.599. The summed E-state index contributed by atoms with van der Waals surface area (Å²) in [6.07, 6.45) is 4.02. The van der Waals surface area contributed by atoms with E-state index in [4.69, 9.17) is 0 Å². The summed E-state index contributed by atoms with van der Waals surface area (Å²) in [5, 5.41) is 0. The third kappa shape index (κ3) is 1.39. The molecule has 0 bridgehead atoms. The van der Waals surface area contributed by atoms with E-state index in [0.717, 1.165) is 11.3 Å². The number of aromatic nitrogens is 2. The Labute approximate surface area is 94.2 Å². The summed E-state index contributed by atoms with van der Waals surface area (Å²) in [5.41, 5.74) is 3.59. The van der Waals surface area contributed by atoms with Gasteiger partial charge in [0.05, 0.1) is 11.7 Å². The summed E-state index contributed by atoms with van der Waals surface area (Å²) in [4.78, 5) is 4.29. The van der Waals surface area contributed by atoms with Crippen LogP contribution in [0.2, 0.25) is 0 Å². The second-order valence-corrected chi connectivity index (χ2v) is 3.88. The molecule has 0 atom stereocenters. The third-order valence-electron chi connectivity index (χ3n) is 2.82. The molecule has 0 N–H and O–H groups in total. The normalized spacial score (nSPS) is 10.8. The first-order chi connectivity index (χ1) is 7.84. The first-order valence-corrected chi connectivity index (χ1v) is 5.34. The highest BCUT2D eigenvalue weighted by molar-refractivity contribution is 5.65. The lowest BCUT2D eigenvalue weighted by Gasteiger charge is -2.03. The van der Waals surface area contributed by atoms with Crippen molar-refractivity contribution in [3.05, 3.63) is 60.7 Å². The second-order valence-electron chi connectivity index (χ2n) is 3.88. The van der Waals surface area contributed by atoms with Crippen molar-refractivity contribution >= 4 is 5.52 Å². The van der Waals surface area contributed by atoms with Crippen LogP contribution in [0.5, 0.6) is 0 Å². The predicted molar refractivity (Wildman–Crippen MR) is 65.4 cm³/mol. The standard InChI is InChI=1S/C14H12N2/c1-11-15-9-14-8-7-13(10-16(11)14)12-5-3-2-4-6-12/h2-10H,1H3. The minimum atomic E-state index is 1.02. The number of fused-ring (bicyclic) bond motifs is 1. The average Bonchev–Trinajstić information content (AvgIpc) is 2.72. The highest BCUT2D eigenvalue weighted by Gasteiger charge is 2.01. The van der Waals surface area contributed by atoms with Gasteiger partial charge >= 0.3 is 0 Å². The Kier molecular flexibility index (Phi) is 2.00. The molecule has 3 aromatic rings. The van der Waals surface area contributed by atoms with E-state index in [-0.39, 0.29) is 0 Å². The van der Waals surface area contributed by atoms with Gasteiger partial charge in [0.2, 0.25) is 0 Å². The van der Waals surface area contributed by atoms with Crippen molar-refractivity contribution in [2.75, 3.05) is 0 Å². The lowest BCUT2D eigenvalue weighted by atomic mass is 10.1. The van der Waals surface area contributed by atoms with Crippen LogP contribution in [0.3, 0.4) is 0 Å². The Morgan fingerprint density at radius 3 is 2.56 bits per heavy atom. The Balaban J connectivity index is 2.22. The van der Waals surface area contributed by atoms with E-state index >= 15 is 0 Å². The average molecular weight is 208 g/mol. The van der Waals surface area contributed by atoms with E-state index in [0.29, 0.717) is 0 Å². The van der Waals surface area contributed by atoms with Gasteiger partial charge in [-0.05, 0) is 24.1 Å². The number of imidazole rings is 1. The number of rotatable bonds is 1. The molecule has 0 saturated carbocycles. The minimum Gasteiger partial charge on any atom is -0.303 e. The van der Waals surface area contributed by atoms with Crippen LogP contribution in [0.1, 0.15) is 5.82 Å². The summed E-state index contributed by atoms with van der Waals surface area (Å²) in [7, 11) is 0.